The summed E-state index contributed by atoms with van der Waals surface area (Å²) in [7, 11) is 0. The second kappa shape index (κ2) is 9.18. The van der Waals surface area contributed by atoms with Gasteiger partial charge in [0.15, 0.2) is 4.34 Å². The zero-order chi connectivity index (χ0) is 20.1. The predicted molar refractivity (Wildman–Crippen MR) is 109 cm³/mol. The minimum Gasteiger partial charge on any atom is -0.465 e. The molecule has 0 aliphatic heterocycles. The standard InChI is InChI=1S/C17H16ClN5O3S2/c1-3-26-14(24)9-27-17-22-21-16(28-17)20-15(25)13-8-19-23(10(13)2)12-6-4-5-11(18)7-12/h4-8H,3,9H2,1-2H3,(H,20,21,25). The molecule has 11 heteroatoms. The number of hydrogen-bond donors (Lipinski definition) is 1. The molecule has 0 aliphatic carbocycles. The van der Waals surface area contributed by atoms with Crippen molar-refractivity contribution in [1.82, 2.24) is 20.0 Å². The molecular weight excluding hydrogens is 422 g/mol. The molecule has 1 N–H and O–H groups in total. The molecule has 2 heterocycles. The summed E-state index contributed by atoms with van der Waals surface area (Å²) in [6, 6.07) is 7.20. The van der Waals surface area contributed by atoms with Crippen molar-refractivity contribution in [2.24, 2.45) is 0 Å². The van der Waals surface area contributed by atoms with Gasteiger partial charge >= 0.3 is 5.97 Å². The van der Waals surface area contributed by atoms with E-state index in [2.05, 4.69) is 20.6 Å². The average molecular weight is 438 g/mol. The van der Waals surface area contributed by atoms with E-state index >= 15 is 0 Å². The third-order valence-corrected chi connectivity index (χ3v) is 5.73. The maximum atomic E-state index is 12.6. The van der Waals surface area contributed by atoms with E-state index in [4.69, 9.17) is 16.3 Å². The number of nitrogens with zero attached hydrogens (tertiary/aromatic N) is 4. The van der Waals surface area contributed by atoms with E-state index in [1.807, 2.05) is 12.1 Å². The van der Waals surface area contributed by atoms with Crippen LogP contribution in [0.2, 0.25) is 5.02 Å². The van der Waals surface area contributed by atoms with Crippen LogP contribution in [0.5, 0.6) is 0 Å². The van der Waals surface area contributed by atoms with E-state index < -0.39 is 0 Å². The van der Waals surface area contributed by atoms with E-state index in [1.165, 1.54) is 29.3 Å². The van der Waals surface area contributed by atoms with Gasteiger partial charge < -0.3 is 4.74 Å². The molecule has 0 fully saturated rings. The number of carbonyl (C=O) groups is 2. The van der Waals surface area contributed by atoms with Crippen LogP contribution in [0.15, 0.2) is 34.8 Å². The largest absolute Gasteiger partial charge is 0.465 e. The summed E-state index contributed by atoms with van der Waals surface area (Å²) in [6.45, 7) is 3.88. The zero-order valence-electron chi connectivity index (χ0n) is 15.0. The molecule has 146 valence electrons. The summed E-state index contributed by atoms with van der Waals surface area (Å²) in [4.78, 5) is 24.0. The normalized spacial score (nSPS) is 10.7. The first-order valence-electron chi connectivity index (χ1n) is 8.21. The highest BCUT2D eigenvalue weighted by Gasteiger charge is 2.17. The monoisotopic (exact) mass is 437 g/mol. The van der Waals surface area contributed by atoms with Crippen LogP contribution in [-0.4, -0.2) is 44.2 Å². The number of anilines is 1. The van der Waals surface area contributed by atoms with E-state index in [1.54, 1.807) is 30.7 Å². The Morgan fingerprint density at radius 3 is 2.93 bits per heavy atom. The molecule has 0 saturated carbocycles. The number of rotatable bonds is 7. The number of aromatic nitrogens is 4. The van der Waals surface area contributed by atoms with E-state index in [9.17, 15) is 9.59 Å². The summed E-state index contributed by atoms with van der Waals surface area (Å²) in [5, 5.41) is 15.8. The second-order valence-corrected chi connectivity index (χ2v) is 8.09. The number of carbonyl (C=O) groups excluding carboxylic acids is 2. The zero-order valence-corrected chi connectivity index (χ0v) is 17.4. The molecule has 0 bridgehead atoms. The molecule has 0 spiro atoms. The summed E-state index contributed by atoms with van der Waals surface area (Å²) in [5.41, 5.74) is 1.84. The van der Waals surface area contributed by atoms with Gasteiger partial charge in [-0.15, -0.1) is 10.2 Å². The number of benzene rings is 1. The molecule has 0 saturated heterocycles. The highest BCUT2D eigenvalue weighted by atomic mass is 35.5. The van der Waals surface area contributed by atoms with Crippen LogP contribution in [0.4, 0.5) is 5.13 Å². The third-order valence-electron chi connectivity index (χ3n) is 3.55. The van der Waals surface area contributed by atoms with Gasteiger partial charge in [0.25, 0.3) is 5.91 Å². The van der Waals surface area contributed by atoms with Crippen LogP contribution < -0.4 is 5.32 Å². The third kappa shape index (κ3) is 4.89. The van der Waals surface area contributed by atoms with Gasteiger partial charge in [-0.1, -0.05) is 40.8 Å². The number of amides is 1. The lowest BCUT2D eigenvalue weighted by atomic mass is 10.2. The number of halogens is 1. The fourth-order valence-corrected chi connectivity index (χ4v) is 4.04. The Morgan fingerprint density at radius 1 is 1.36 bits per heavy atom. The number of hydrogen-bond acceptors (Lipinski definition) is 8. The number of esters is 1. The minimum atomic E-state index is -0.344. The quantitative estimate of drug-likeness (QED) is 0.342. The van der Waals surface area contributed by atoms with Gasteiger partial charge in [-0.05, 0) is 32.0 Å². The van der Waals surface area contributed by atoms with E-state index in [0.717, 1.165) is 5.69 Å². The van der Waals surface area contributed by atoms with Crippen LogP contribution in [0.25, 0.3) is 5.69 Å². The fourth-order valence-electron chi connectivity index (χ4n) is 2.31. The summed E-state index contributed by atoms with van der Waals surface area (Å²) >= 11 is 8.42. The van der Waals surface area contributed by atoms with Gasteiger partial charge in [0.2, 0.25) is 5.13 Å². The molecule has 0 atom stereocenters. The molecule has 3 rings (SSSR count). The molecule has 1 amide bonds. The predicted octanol–water partition coefficient (Wildman–Crippen LogP) is 3.59. The van der Waals surface area contributed by atoms with Crippen molar-refractivity contribution in [2.45, 2.75) is 18.2 Å². The lowest BCUT2D eigenvalue weighted by Gasteiger charge is -2.05. The first-order valence-corrected chi connectivity index (χ1v) is 10.4. The molecule has 2 aromatic heterocycles. The van der Waals surface area contributed by atoms with Crippen LogP contribution in [0.3, 0.4) is 0 Å². The van der Waals surface area contributed by atoms with Crippen molar-refractivity contribution in [3.05, 3.63) is 46.7 Å². The molecule has 1 aromatic carbocycles. The first-order chi connectivity index (χ1) is 13.5. The fraction of sp³-hybridized carbons (Fsp3) is 0.235. The van der Waals surface area contributed by atoms with Gasteiger partial charge in [-0.3, -0.25) is 14.9 Å². The molecular formula is C17H16ClN5O3S2. The first kappa shape index (κ1) is 20.3. The van der Waals surface area contributed by atoms with Gasteiger partial charge in [0, 0.05) is 5.02 Å². The highest BCUT2D eigenvalue weighted by molar-refractivity contribution is 8.01. The lowest BCUT2D eigenvalue weighted by molar-refractivity contribution is -0.139. The molecule has 0 radical (unpaired) electrons. The Morgan fingerprint density at radius 2 is 2.18 bits per heavy atom. The van der Waals surface area contributed by atoms with Crippen LogP contribution in [0.1, 0.15) is 23.0 Å². The van der Waals surface area contributed by atoms with Gasteiger partial charge in [-0.25, -0.2) is 4.68 Å². The van der Waals surface area contributed by atoms with Crippen molar-refractivity contribution in [3.8, 4) is 5.69 Å². The summed E-state index contributed by atoms with van der Waals surface area (Å²) in [6.07, 6.45) is 1.49. The van der Waals surface area contributed by atoms with Gasteiger partial charge in [0.1, 0.15) is 0 Å². The topological polar surface area (TPSA) is 99.0 Å². The van der Waals surface area contributed by atoms with Crippen LogP contribution in [0, 0.1) is 6.92 Å². The van der Waals surface area contributed by atoms with E-state index in [0.29, 0.717) is 32.4 Å². The number of thioether (sulfide) groups is 1. The Hall–Kier alpha value is -2.43. The van der Waals surface area contributed by atoms with Crippen molar-refractivity contribution in [1.29, 1.82) is 0 Å². The number of ether oxygens (including phenoxy) is 1. The second-order valence-electron chi connectivity index (χ2n) is 5.46. The lowest BCUT2D eigenvalue weighted by Crippen LogP contribution is -2.13. The average Bonchev–Trinajstić information content (AvgIpc) is 3.26. The summed E-state index contributed by atoms with van der Waals surface area (Å²) in [5.74, 6) is -0.525. The molecule has 28 heavy (non-hydrogen) atoms. The van der Waals surface area contributed by atoms with Gasteiger partial charge in [0.05, 0.1) is 35.5 Å². The van der Waals surface area contributed by atoms with Crippen molar-refractivity contribution in [3.63, 3.8) is 0 Å². The smallest absolute Gasteiger partial charge is 0.316 e. The van der Waals surface area contributed by atoms with Crippen LogP contribution in [-0.2, 0) is 9.53 Å². The van der Waals surface area contributed by atoms with Gasteiger partial charge in [-0.2, -0.15) is 5.10 Å². The van der Waals surface area contributed by atoms with Crippen molar-refractivity contribution in [2.75, 3.05) is 17.7 Å². The van der Waals surface area contributed by atoms with Crippen LogP contribution >= 0.6 is 34.7 Å². The highest BCUT2D eigenvalue weighted by Crippen LogP contribution is 2.26. The Balaban J connectivity index is 1.67. The molecule has 3 aromatic rings. The Labute approximate surface area is 174 Å². The number of nitrogens with one attached hydrogen (secondary N) is 1. The van der Waals surface area contributed by atoms with Crippen molar-refractivity contribution < 1.29 is 14.3 Å². The molecule has 0 aliphatic rings. The Bertz CT molecular complexity index is 1000. The SMILES string of the molecule is CCOC(=O)CSc1nnc(NC(=O)c2cnn(-c3cccc(Cl)c3)c2C)s1. The van der Waals surface area contributed by atoms with Crippen molar-refractivity contribution >= 4 is 51.7 Å². The van der Waals surface area contributed by atoms with E-state index in [-0.39, 0.29) is 17.6 Å². The maximum absolute atomic E-state index is 12.6. The summed E-state index contributed by atoms with van der Waals surface area (Å²) < 4.78 is 7.07. The minimum absolute atomic E-state index is 0.141. The molecule has 8 nitrogen and oxygen atoms in total. The Kier molecular flexibility index (Phi) is 6.65. The maximum Gasteiger partial charge on any atom is 0.316 e. The molecule has 0 unspecified atom stereocenters.